The summed E-state index contributed by atoms with van der Waals surface area (Å²) in [6.45, 7) is 0.614. The van der Waals surface area contributed by atoms with Gasteiger partial charge in [-0.25, -0.2) is 4.79 Å². The van der Waals surface area contributed by atoms with Gasteiger partial charge in [-0.3, -0.25) is 9.69 Å². The van der Waals surface area contributed by atoms with Crippen LogP contribution in [0.1, 0.15) is 41.9 Å². The minimum Gasteiger partial charge on any atom is -0.445 e. The van der Waals surface area contributed by atoms with Gasteiger partial charge >= 0.3 is 6.09 Å². The number of H-pyrrole nitrogens is 1. The van der Waals surface area contributed by atoms with E-state index >= 15 is 0 Å². The molecule has 0 radical (unpaired) electrons. The second kappa shape index (κ2) is 7.67. The van der Waals surface area contributed by atoms with E-state index in [4.69, 9.17) is 9.26 Å². The summed E-state index contributed by atoms with van der Waals surface area (Å²) in [6, 6.07) is 10.5. The molecule has 2 unspecified atom stereocenters. The Labute approximate surface area is 160 Å². The van der Waals surface area contributed by atoms with Gasteiger partial charge in [0.1, 0.15) is 12.4 Å². The maximum absolute atomic E-state index is 12.8. The Morgan fingerprint density at radius 2 is 2.18 bits per heavy atom. The molecule has 2 aromatic heterocycles. The lowest BCUT2D eigenvalue weighted by Gasteiger charge is -2.36. The van der Waals surface area contributed by atoms with Crippen LogP contribution in [0.5, 0.6) is 0 Å². The first-order valence-electron chi connectivity index (χ1n) is 9.00. The highest BCUT2D eigenvalue weighted by molar-refractivity contribution is 5.68. The molecule has 1 aliphatic rings. The maximum Gasteiger partial charge on any atom is 0.410 e. The van der Waals surface area contributed by atoms with E-state index in [0.29, 0.717) is 31.0 Å². The SMILES string of the molecule is Cn1nnc(C2CC(c3cc(=O)[nH]o3)CCN2C(=O)OCc2ccccc2)n1. The molecule has 0 bridgehead atoms. The Bertz CT molecular complexity index is 995. The van der Waals surface area contributed by atoms with E-state index in [-0.39, 0.29) is 18.1 Å². The highest BCUT2D eigenvalue weighted by Gasteiger charge is 2.38. The minimum atomic E-state index is -0.435. The fourth-order valence-corrected chi connectivity index (χ4v) is 3.42. The van der Waals surface area contributed by atoms with Crippen LogP contribution in [-0.2, 0) is 18.4 Å². The molecular formula is C18H20N6O4. The van der Waals surface area contributed by atoms with Gasteiger partial charge in [0.2, 0.25) is 0 Å². The molecule has 3 heterocycles. The van der Waals surface area contributed by atoms with E-state index in [9.17, 15) is 9.59 Å². The number of carbonyl (C=O) groups is 1. The number of benzene rings is 1. The number of nitrogens with zero attached hydrogens (tertiary/aromatic N) is 5. The van der Waals surface area contributed by atoms with Crippen LogP contribution in [-0.4, -0.2) is 42.9 Å². The summed E-state index contributed by atoms with van der Waals surface area (Å²) < 4.78 is 10.8. The molecule has 3 aromatic rings. The number of rotatable bonds is 4. The topological polar surface area (TPSA) is 119 Å². The number of hydrogen-bond donors (Lipinski definition) is 1. The molecule has 0 saturated carbocycles. The molecule has 1 saturated heterocycles. The first-order valence-corrected chi connectivity index (χ1v) is 9.00. The van der Waals surface area contributed by atoms with Crippen molar-refractivity contribution in [2.45, 2.75) is 31.4 Å². The number of ether oxygens (including phenoxy) is 1. The van der Waals surface area contributed by atoms with Crippen LogP contribution in [0.4, 0.5) is 4.79 Å². The molecule has 28 heavy (non-hydrogen) atoms. The number of amides is 1. The van der Waals surface area contributed by atoms with E-state index in [1.165, 1.54) is 10.9 Å². The molecule has 10 nitrogen and oxygen atoms in total. The fraction of sp³-hybridized carbons (Fsp3) is 0.389. The number of tetrazole rings is 1. The first kappa shape index (κ1) is 18.0. The highest BCUT2D eigenvalue weighted by atomic mass is 16.6. The molecule has 4 rings (SSSR count). The van der Waals surface area contributed by atoms with Gasteiger partial charge in [-0.05, 0) is 23.6 Å². The predicted octanol–water partition coefficient (Wildman–Crippen LogP) is 1.75. The van der Waals surface area contributed by atoms with Crippen molar-refractivity contribution in [2.75, 3.05) is 6.54 Å². The average Bonchev–Trinajstić information content (AvgIpc) is 3.35. The molecule has 0 aliphatic carbocycles. The lowest BCUT2D eigenvalue weighted by atomic mass is 9.89. The van der Waals surface area contributed by atoms with E-state index < -0.39 is 12.1 Å². The zero-order chi connectivity index (χ0) is 19.5. The van der Waals surface area contributed by atoms with Gasteiger partial charge in [0.25, 0.3) is 5.56 Å². The molecule has 1 fully saturated rings. The van der Waals surface area contributed by atoms with Crippen LogP contribution in [0.3, 0.4) is 0 Å². The third-order valence-electron chi connectivity index (χ3n) is 4.81. The van der Waals surface area contributed by atoms with Gasteiger partial charge in [0.15, 0.2) is 5.82 Å². The minimum absolute atomic E-state index is 0.0362. The molecular weight excluding hydrogens is 364 g/mol. The molecule has 1 aliphatic heterocycles. The first-order chi connectivity index (χ1) is 13.6. The van der Waals surface area contributed by atoms with Crippen molar-refractivity contribution >= 4 is 6.09 Å². The van der Waals surface area contributed by atoms with Crippen molar-refractivity contribution in [3.63, 3.8) is 0 Å². The van der Waals surface area contributed by atoms with Crippen molar-refractivity contribution in [1.82, 2.24) is 30.3 Å². The quantitative estimate of drug-likeness (QED) is 0.728. The summed E-state index contributed by atoms with van der Waals surface area (Å²) in [5.41, 5.74) is 0.628. The van der Waals surface area contributed by atoms with Gasteiger partial charge in [-0.2, -0.15) is 9.95 Å². The third-order valence-corrected chi connectivity index (χ3v) is 4.81. The second-order valence-electron chi connectivity index (χ2n) is 6.72. The average molecular weight is 384 g/mol. The molecule has 2 atom stereocenters. The van der Waals surface area contributed by atoms with E-state index in [1.807, 2.05) is 30.3 Å². The molecule has 1 N–H and O–H groups in total. The lowest BCUT2D eigenvalue weighted by Crippen LogP contribution is -2.41. The summed E-state index contributed by atoms with van der Waals surface area (Å²) >= 11 is 0. The van der Waals surface area contributed by atoms with Gasteiger partial charge < -0.3 is 9.26 Å². The van der Waals surface area contributed by atoms with Gasteiger partial charge in [0.05, 0.1) is 13.1 Å². The molecule has 10 heteroatoms. The number of nitrogens with one attached hydrogen (secondary N) is 1. The second-order valence-corrected chi connectivity index (χ2v) is 6.72. The van der Waals surface area contributed by atoms with Crippen molar-refractivity contribution < 1.29 is 14.1 Å². The number of piperidine rings is 1. The van der Waals surface area contributed by atoms with E-state index in [0.717, 1.165) is 5.56 Å². The smallest absolute Gasteiger partial charge is 0.410 e. The van der Waals surface area contributed by atoms with Crippen LogP contribution in [0.15, 0.2) is 45.7 Å². The maximum atomic E-state index is 12.8. The number of aromatic amines is 1. The summed E-state index contributed by atoms with van der Waals surface area (Å²) in [5, 5.41) is 14.5. The summed E-state index contributed by atoms with van der Waals surface area (Å²) in [5.74, 6) is 0.962. The zero-order valence-electron chi connectivity index (χ0n) is 15.3. The Balaban J connectivity index is 1.51. The Hall–Kier alpha value is -3.43. The zero-order valence-corrected chi connectivity index (χ0v) is 15.3. The fourth-order valence-electron chi connectivity index (χ4n) is 3.42. The Morgan fingerprint density at radius 1 is 1.36 bits per heavy atom. The summed E-state index contributed by atoms with van der Waals surface area (Å²) in [7, 11) is 1.67. The van der Waals surface area contributed by atoms with Gasteiger partial charge in [0, 0.05) is 18.5 Å². The Morgan fingerprint density at radius 3 is 2.86 bits per heavy atom. The number of aromatic nitrogens is 5. The summed E-state index contributed by atoms with van der Waals surface area (Å²) in [6.07, 6.45) is 0.709. The largest absolute Gasteiger partial charge is 0.445 e. The monoisotopic (exact) mass is 384 g/mol. The van der Waals surface area contributed by atoms with Crippen LogP contribution in [0, 0.1) is 0 Å². The number of carbonyl (C=O) groups excluding carboxylic acids is 1. The normalized spacial score (nSPS) is 19.5. The van der Waals surface area contributed by atoms with Gasteiger partial charge in [-0.1, -0.05) is 30.3 Å². The Kier molecular flexibility index (Phi) is 4.92. The summed E-state index contributed by atoms with van der Waals surface area (Å²) in [4.78, 5) is 27.1. The third kappa shape index (κ3) is 3.80. The molecule has 0 spiro atoms. The van der Waals surface area contributed by atoms with Crippen molar-refractivity contribution in [1.29, 1.82) is 0 Å². The van der Waals surface area contributed by atoms with Crippen molar-refractivity contribution in [3.05, 3.63) is 63.9 Å². The predicted molar refractivity (Wildman–Crippen MR) is 96.2 cm³/mol. The van der Waals surface area contributed by atoms with Crippen LogP contribution < -0.4 is 5.56 Å². The molecule has 1 amide bonds. The standard InChI is InChI=1S/C18H20N6O4/c1-23-20-17(19-22-23)14-9-13(15-10-16(25)21-28-15)7-8-24(14)18(26)27-11-12-5-3-2-4-6-12/h2-6,10,13-14H,7-9,11H2,1H3,(H,21,25). The van der Waals surface area contributed by atoms with Crippen LogP contribution in [0.25, 0.3) is 0 Å². The lowest BCUT2D eigenvalue weighted by molar-refractivity contribution is 0.0594. The van der Waals surface area contributed by atoms with Crippen LogP contribution in [0.2, 0.25) is 0 Å². The highest BCUT2D eigenvalue weighted by Crippen LogP contribution is 2.38. The number of aryl methyl sites for hydroxylation is 1. The van der Waals surface area contributed by atoms with Crippen molar-refractivity contribution in [2.24, 2.45) is 7.05 Å². The van der Waals surface area contributed by atoms with Crippen molar-refractivity contribution in [3.8, 4) is 0 Å². The number of hydrogen-bond acceptors (Lipinski definition) is 7. The van der Waals surface area contributed by atoms with E-state index in [1.54, 1.807) is 11.9 Å². The van der Waals surface area contributed by atoms with Crippen LogP contribution >= 0.6 is 0 Å². The van der Waals surface area contributed by atoms with Gasteiger partial charge in [-0.15, -0.1) is 10.2 Å². The molecule has 1 aromatic carbocycles. The van der Waals surface area contributed by atoms with E-state index in [2.05, 4.69) is 20.6 Å². The number of likely N-dealkylation sites (tertiary alicyclic amines) is 1. The molecule has 146 valence electrons.